The van der Waals surface area contributed by atoms with Crippen LogP contribution in [0.2, 0.25) is 0 Å². The number of rotatable bonds is 4. The lowest BCUT2D eigenvalue weighted by Crippen LogP contribution is -2.03. The second-order valence-electron chi connectivity index (χ2n) is 3.21. The average Bonchev–Trinajstić information content (AvgIpc) is 2.80. The Morgan fingerprint density at radius 1 is 1.38 bits per heavy atom. The van der Waals surface area contributed by atoms with Gasteiger partial charge in [0.25, 0.3) is 5.89 Å². The molecule has 0 aliphatic carbocycles. The number of benzene rings is 1. The molecule has 0 radical (unpaired) electrons. The minimum atomic E-state index is -0.342. The minimum absolute atomic E-state index is 0.231. The highest BCUT2D eigenvalue weighted by molar-refractivity contribution is 6.16. The molecule has 0 fully saturated rings. The van der Waals surface area contributed by atoms with Crippen LogP contribution in [0.5, 0.6) is 0 Å². The van der Waals surface area contributed by atoms with E-state index in [4.69, 9.17) is 20.9 Å². The summed E-state index contributed by atoms with van der Waals surface area (Å²) in [6.07, 6.45) is -0.342. The zero-order valence-electron chi connectivity index (χ0n) is 8.76. The van der Waals surface area contributed by atoms with Crippen molar-refractivity contribution in [1.82, 2.24) is 10.1 Å². The van der Waals surface area contributed by atoms with Gasteiger partial charge in [-0.05, 0) is 5.56 Å². The molecule has 16 heavy (non-hydrogen) atoms. The SMILES string of the molecule is COC(c1ccccc1)c1nc(CCl)no1. The number of halogens is 1. The van der Waals surface area contributed by atoms with Crippen LogP contribution in [0.1, 0.15) is 23.4 Å². The van der Waals surface area contributed by atoms with Crippen LogP contribution in [0.25, 0.3) is 0 Å². The van der Waals surface area contributed by atoms with Crippen LogP contribution >= 0.6 is 11.6 Å². The van der Waals surface area contributed by atoms with Crippen molar-refractivity contribution in [2.75, 3.05) is 7.11 Å². The Hall–Kier alpha value is -1.39. The minimum Gasteiger partial charge on any atom is -0.367 e. The topological polar surface area (TPSA) is 48.2 Å². The second-order valence-corrected chi connectivity index (χ2v) is 3.48. The van der Waals surface area contributed by atoms with E-state index in [0.29, 0.717) is 11.7 Å². The first-order valence-corrected chi connectivity index (χ1v) is 5.34. The van der Waals surface area contributed by atoms with E-state index in [0.717, 1.165) is 5.56 Å². The standard InChI is InChI=1S/C11H11ClN2O2/c1-15-10(8-5-3-2-4-6-8)11-13-9(7-12)14-16-11/h2-6,10H,7H2,1H3. The van der Waals surface area contributed by atoms with Crippen molar-refractivity contribution in [3.05, 3.63) is 47.6 Å². The molecule has 0 aliphatic rings. The predicted molar refractivity (Wildman–Crippen MR) is 59.1 cm³/mol. The average molecular weight is 239 g/mol. The van der Waals surface area contributed by atoms with Crippen molar-refractivity contribution in [2.45, 2.75) is 12.0 Å². The molecule has 2 aromatic rings. The number of aromatic nitrogens is 2. The molecule has 1 heterocycles. The first-order chi connectivity index (χ1) is 7.85. The van der Waals surface area contributed by atoms with Gasteiger partial charge in [0.2, 0.25) is 0 Å². The lowest BCUT2D eigenvalue weighted by Gasteiger charge is -2.10. The van der Waals surface area contributed by atoms with Crippen molar-refractivity contribution >= 4 is 11.6 Å². The third-order valence-corrected chi connectivity index (χ3v) is 2.40. The highest BCUT2D eigenvalue weighted by atomic mass is 35.5. The Bertz CT molecular complexity index is 444. The van der Waals surface area contributed by atoms with E-state index in [1.165, 1.54) is 0 Å². The zero-order valence-corrected chi connectivity index (χ0v) is 9.52. The summed E-state index contributed by atoms with van der Waals surface area (Å²) in [5, 5.41) is 3.73. The van der Waals surface area contributed by atoms with E-state index in [-0.39, 0.29) is 12.0 Å². The van der Waals surface area contributed by atoms with E-state index >= 15 is 0 Å². The third kappa shape index (κ3) is 2.23. The van der Waals surface area contributed by atoms with Crippen molar-refractivity contribution in [2.24, 2.45) is 0 Å². The summed E-state index contributed by atoms with van der Waals surface area (Å²) in [6, 6.07) is 9.69. The first kappa shape index (κ1) is 11.1. The van der Waals surface area contributed by atoms with Gasteiger partial charge in [-0.25, -0.2) is 0 Å². The number of nitrogens with zero attached hydrogens (tertiary/aromatic N) is 2. The molecule has 5 heteroatoms. The van der Waals surface area contributed by atoms with Gasteiger partial charge in [-0.1, -0.05) is 35.5 Å². The maximum absolute atomic E-state index is 5.61. The van der Waals surface area contributed by atoms with Crippen LogP contribution in [0.3, 0.4) is 0 Å². The summed E-state index contributed by atoms with van der Waals surface area (Å²) in [5.74, 6) is 1.12. The molecule has 2 rings (SSSR count). The van der Waals surface area contributed by atoms with E-state index in [1.807, 2.05) is 30.3 Å². The summed E-state index contributed by atoms with van der Waals surface area (Å²) in [4.78, 5) is 4.14. The maximum atomic E-state index is 5.61. The molecule has 0 aliphatic heterocycles. The summed E-state index contributed by atoms with van der Waals surface area (Å²) < 4.78 is 10.4. The van der Waals surface area contributed by atoms with Gasteiger partial charge in [0.15, 0.2) is 11.9 Å². The second kappa shape index (κ2) is 5.09. The van der Waals surface area contributed by atoms with E-state index in [9.17, 15) is 0 Å². The molecular formula is C11H11ClN2O2. The van der Waals surface area contributed by atoms with Crippen molar-refractivity contribution in [3.8, 4) is 0 Å². The Balaban J connectivity index is 2.29. The molecule has 0 spiro atoms. The molecule has 0 N–H and O–H groups in total. The fraction of sp³-hybridized carbons (Fsp3) is 0.273. The normalized spacial score (nSPS) is 12.6. The predicted octanol–water partition coefficient (Wildman–Crippen LogP) is 2.54. The summed E-state index contributed by atoms with van der Waals surface area (Å²) in [6.45, 7) is 0. The fourth-order valence-corrected chi connectivity index (χ4v) is 1.54. The number of alkyl halides is 1. The number of methoxy groups -OCH3 is 1. The first-order valence-electron chi connectivity index (χ1n) is 4.81. The van der Waals surface area contributed by atoms with Crippen molar-refractivity contribution < 1.29 is 9.26 Å². The van der Waals surface area contributed by atoms with Crippen molar-refractivity contribution in [3.63, 3.8) is 0 Å². The van der Waals surface area contributed by atoms with Gasteiger partial charge in [-0.15, -0.1) is 11.6 Å². The molecular weight excluding hydrogens is 228 g/mol. The maximum Gasteiger partial charge on any atom is 0.260 e. The van der Waals surface area contributed by atoms with Gasteiger partial charge < -0.3 is 9.26 Å². The molecule has 1 aromatic heterocycles. The monoisotopic (exact) mass is 238 g/mol. The van der Waals surface area contributed by atoms with Gasteiger partial charge >= 0.3 is 0 Å². The molecule has 0 saturated heterocycles. The van der Waals surface area contributed by atoms with Crippen LogP contribution < -0.4 is 0 Å². The highest BCUT2D eigenvalue weighted by Crippen LogP contribution is 2.23. The quantitative estimate of drug-likeness (QED) is 0.768. The van der Waals surface area contributed by atoms with Gasteiger partial charge in [0, 0.05) is 7.11 Å². The van der Waals surface area contributed by atoms with Crippen LogP contribution in [0.4, 0.5) is 0 Å². The van der Waals surface area contributed by atoms with Crippen LogP contribution in [-0.4, -0.2) is 17.3 Å². The van der Waals surface area contributed by atoms with E-state index in [2.05, 4.69) is 10.1 Å². The Labute approximate surface area is 98.2 Å². The smallest absolute Gasteiger partial charge is 0.260 e. The molecule has 1 atom stereocenters. The summed E-state index contributed by atoms with van der Waals surface area (Å²) >= 11 is 5.61. The van der Waals surface area contributed by atoms with Gasteiger partial charge in [-0.3, -0.25) is 0 Å². The van der Waals surface area contributed by atoms with Crippen molar-refractivity contribution in [1.29, 1.82) is 0 Å². The van der Waals surface area contributed by atoms with Crippen LogP contribution in [0.15, 0.2) is 34.9 Å². The van der Waals surface area contributed by atoms with Gasteiger partial charge in [0.05, 0.1) is 5.88 Å². The summed E-state index contributed by atoms with van der Waals surface area (Å²) in [7, 11) is 1.60. The molecule has 0 amide bonds. The lowest BCUT2D eigenvalue weighted by molar-refractivity contribution is 0.105. The third-order valence-electron chi connectivity index (χ3n) is 2.17. The molecule has 0 saturated carbocycles. The van der Waals surface area contributed by atoms with E-state index < -0.39 is 0 Å². The highest BCUT2D eigenvalue weighted by Gasteiger charge is 2.19. The number of hydrogen-bond acceptors (Lipinski definition) is 4. The molecule has 1 aromatic carbocycles. The Morgan fingerprint density at radius 3 is 2.69 bits per heavy atom. The molecule has 1 unspecified atom stereocenters. The number of hydrogen-bond donors (Lipinski definition) is 0. The molecule has 84 valence electrons. The fourth-order valence-electron chi connectivity index (χ4n) is 1.44. The van der Waals surface area contributed by atoms with Crippen LogP contribution in [-0.2, 0) is 10.6 Å². The van der Waals surface area contributed by atoms with E-state index in [1.54, 1.807) is 7.11 Å². The van der Waals surface area contributed by atoms with Gasteiger partial charge in [-0.2, -0.15) is 4.98 Å². The lowest BCUT2D eigenvalue weighted by atomic mass is 10.1. The Morgan fingerprint density at radius 2 is 2.12 bits per heavy atom. The Kier molecular flexibility index (Phi) is 3.54. The van der Waals surface area contributed by atoms with Crippen LogP contribution in [0, 0.1) is 0 Å². The molecule has 0 bridgehead atoms. The van der Waals surface area contributed by atoms with Gasteiger partial charge in [0.1, 0.15) is 0 Å². The molecule has 4 nitrogen and oxygen atoms in total. The summed E-state index contributed by atoms with van der Waals surface area (Å²) in [5.41, 5.74) is 0.967. The zero-order chi connectivity index (χ0) is 11.4. The number of ether oxygens (including phenoxy) is 1. The largest absolute Gasteiger partial charge is 0.367 e.